The zero-order valence-electron chi connectivity index (χ0n) is 11.5. The van der Waals surface area contributed by atoms with Gasteiger partial charge in [0.1, 0.15) is 5.82 Å². The van der Waals surface area contributed by atoms with Gasteiger partial charge in [-0.05, 0) is 25.5 Å². The highest BCUT2D eigenvalue weighted by molar-refractivity contribution is 6.22. The third-order valence-electron chi connectivity index (χ3n) is 3.43. The summed E-state index contributed by atoms with van der Waals surface area (Å²) in [5, 5.41) is 1.40. The van der Waals surface area contributed by atoms with Crippen LogP contribution in [-0.2, 0) is 0 Å². The van der Waals surface area contributed by atoms with Gasteiger partial charge in [0.05, 0.1) is 17.3 Å². The molecule has 0 aliphatic carbocycles. The molecule has 1 aromatic rings. The van der Waals surface area contributed by atoms with E-state index in [9.17, 15) is 9.59 Å². The number of fused-ring (bicyclic) bond motifs is 1. The molecule has 2 rings (SSSR count). The molecule has 0 fully saturated rings. The maximum absolute atomic E-state index is 12.2. The van der Waals surface area contributed by atoms with Crippen LogP contribution in [0.4, 0.5) is 0 Å². The summed E-state index contributed by atoms with van der Waals surface area (Å²) in [6.07, 6.45) is 2.23. The number of carbonyl (C=O) groups excluding carboxylic acids is 2. The maximum Gasteiger partial charge on any atom is 0.267 e. The van der Waals surface area contributed by atoms with Crippen LogP contribution in [0.15, 0.2) is 36.3 Å². The summed E-state index contributed by atoms with van der Waals surface area (Å²) in [5.74, 6) is 5.01. The van der Waals surface area contributed by atoms with Crippen LogP contribution < -0.4 is 11.6 Å². The fourth-order valence-corrected chi connectivity index (χ4v) is 1.97. The Kier molecular flexibility index (Phi) is 3.76. The Hall–Kier alpha value is -2.34. The monoisotopic (exact) mass is 274 g/mol. The molecule has 0 saturated carbocycles. The average molecular weight is 274 g/mol. The first-order valence-corrected chi connectivity index (χ1v) is 6.45. The van der Waals surface area contributed by atoms with Crippen LogP contribution in [0.3, 0.4) is 0 Å². The van der Waals surface area contributed by atoms with E-state index in [0.717, 1.165) is 11.3 Å². The molecule has 1 unspecified atom stereocenters. The summed E-state index contributed by atoms with van der Waals surface area (Å²) in [6, 6.07) is 6.70. The predicted octanol–water partition coefficient (Wildman–Crippen LogP) is 1.01. The van der Waals surface area contributed by atoms with Crippen LogP contribution in [-0.4, -0.2) is 27.8 Å². The molecule has 0 radical (unpaired) electrons. The zero-order valence-corrected chi connectivity index (χ0v) is 11.5. The number of carbonyl (C=O) groups is 2. The first-order valence-electron chi connectivity index (χ1n) is 6.45. The minimum Gasteiger partial charge on any atom is -0.383 e. The third kappa shape index (κ3) is 2.25. The number of nitrogens with two attached hydrogens (primary N) is 2. The van der Waals surface area contributed by atoms with Crippen molar-refractivity contribution >= 4 is 11.8 Å². The van der Waals surface area contributed by atoms with Crippen molar-refractivity contribution in [3.63, 3.8) is 0 Å². The summed E-state index contributed by atoms with van der Waals surface area (Å²) in [5.41, 5.74) is 6.58. The quantitative estimate of drug-likeness (QED) is 0.485. The number of hydrogen-bond acceptors (Lipinski definition) is 5. The van der Waals surface area contributed by atoms with Crippen molar-refractivity contribution in [3.8, 4) is 0 Å². The summed E-state index contributed by atoms with van der Waals surface area (Å²) in [4.78, 5) is 25.3. The lowest BCUT2D eigenvalue weighted by atomic mass is 10.1. The molecule has 6 nitrogen and oxygen atoms in total. The van der Waals surface area contributed by atoms with Crippen LogP contribution >= 0.6 is 0 Å². The van der Waals surface area contributed by atoms with Gasteiger partial charge in [0.25, 0.3) is 11.8 Å². The van der Waals surface area contributed by atoms with Crippen LogP contribution in [0.5, 0.6) is 0 Å². The van der Waals surface area contributed by atoms with Crippen molar-refractivity contribution in [2.24, 2.45) is 11.6 Å². The fourth-order valence-electron chi connectivity index (χ4n) is 1.97. The van der Waals surface area contributed by atoms with E-state index in [4.69, 9.17) is 11.6 Å². The van der Waals surface area contributed by atoms with Gasteiger partial charge < -0.3 is 10.7 Å². The largest absolute Gasteiger partial charge is 0.383 e. The first kappa shape index (κ1) is 14.1. The second kappa shape index (κ2) is 5.34. The van der Waals surface area contributed by atoms with E-state index in [2.05, 4.69) is 0 Å². The molecule has 1 heterocycles. The first-order chi connectivity index (χ1) is 9.47. The lowest BCUT2D eigenvalue weighted by Gasteiger charge is -2.23. The van der Waals surface area contributed by atoms with Crippen molar-refractivity contribution in [2.75, 3.05) is 0 Å². The van der Waals surface area contributed by atoms with E-state index in [1.165, 1.54) is 11.2 Å². The summed E-state index contributed by atoms with van der Waals surface area (Å²) < 4.78 is 0. The van der Waals surface area contributed by atoms with Gasteiger partial charge in [-0.2, -0.15) is 0 Å². The Morgan fingerprint density at radius 1 is 1.30 bits per heavy atom. The SMILES string of the molecule is CCC(C)N(N)/C=C(\N)N1C(=O)c2ccccc2C1=O. The van der Waals surface area contributed by atoms with Gasteiger partial charge in [-0.15, -0.1) is 0 Å². The van der Waals surface area contributed by atoms with Crippen molar-refractivity contribution in [1.29, 1.82) is 0 Å². The topological polar surface area (TPSA) is 92.7 Å². The highest BCUT2D eigenvalue weighted by Gasteiger charge is 2.36. The molecule has 0 spiro atoms. The van der Waals surface area contributed by atoms with Crippen LogP contribution in [0.1, 0.15) is 41.0 Å². The molecule has 0 aromatic heterocycles. The fraction of sp³-hybridized carbons (Fsp3) is 0.286. The standard InChI is InChI=1S/C14H18N4O2/c1-3-9(2)17(16)8-12(15)18-13(19)10-6-4-5-7-11(10)14(18)20/h4-9H,3,15-16H2,1-2H3/b12-8+. The van der Waals surface area contributed by atoms with E-state index in [1.54, 1.807) is 24.3 Å². The Morgan fingerprint density at radius 3 is 2.25 bits per heavy atom. The third-order valence-corrected chi connectivity index (χ3v) is 3.43. The van der Waals surface area contributed by atoms with E-state index in [0.29, 0.717) is 11.1 Å². The smallest absolute Gasteiger partial charge is 0.267 e. The van der Waals surface area contributed by atoms with Gasteiger partial charge in [0.15, 0.2) is 0 Å². The lowest BCUT2D eigenvalue weighted by Crippen LogP contribution is -2.39. The highest BCUT2D eigenvalue weighted by atomic mass is 16.2. The molecular formula is C14H18N4O2. The Bertz CT molecular complexity index is 547. The highest BCUT2D eigenvalue weighted by Crippen LogP contribution is 2.24. The van der Waals surface area contributed by atoms with E-state index in [1.807, 2.05) is 13.8 Å². The van der Waals surface area contributed by atoms with Gasteiger partial charge in [-0.3, -0.25) is 9.59 Å². The molecular weight excluding hydrogens is 256 g/mol. The van der Waals surface area contributed by atoms with Gasteiger partial charge in [0, 0.05) is 6.04 Å². The lowest BCUT2D eigenvalue weighted by molar-refractivity contribution is 0.0698. The average Bonchev–Trinajstić information content (AvgIpc) is 2.70. The molecule has 106 valence electrons. The second-order valence-corrected chi connectivity index (χ2v) is 4.75. The minimum atomic E-state index is -0.420. The normalized spacial score (nSPS) is 16.4. The Morgan fingerprint density at radius 2 is 1.80 bits per heavy atom. The zero-order chi connectivity index (χ0) is 14.9. The Labute approximate surface area is 117 Å². The van der Waals surface area contributed by atoms with Crippen LogP contribution in [0.25, 0.3) is 0 Å². The van der Waals surface area contributed by atoms with E-state index in [-0.39, 0.29) is 11.9 Å². The number of amides is 2. The predicted molar refractivity (Wildman–Crippen MR) is 75.0 cm³/mol. The summed E-state index contributed by atoms with van der Waals surface area (Å²) in [7, 11) is 0. The molecule has 0 saturated heterocycles. The number of hydrogen-bond donors (Lipinski definition) is 2. The number of rotatable bonds is 4. The van der Waals surface area contributed by atoms with Gasteiger partial charge in [-0.1, -0.05) is 19.1 Å². The second-order valence-electron chi connectivity index (χ2n) is 4.75. The van der Waals surface area contributed by atoms with Crippen molar-refractivity contribution in [2.45, 2.75) is 26.3 Å². The molecule has 1 atom stereocenters. The van der Waals surface area contributed by atoms with Crippen molar-refractivity contribution < 1.29 is 9.59 Å². The number of benzene rings is 1. The summed E-state index contributed by atoms with van der Waals surface area (Å²) in [6.45, 7) is 3.91. The molecule has 4 N–H and O–H groups in total. The molecule has 1 aromatic carbocycles. The molecule has 1 aliphatic heterocycles. The molecule has 20 heavy (non-hydrogen) atoms. The molecule has 1 aliphatic rings. The molecule has 6 heteroatoms. The van der Waals surface area contributed by atoms with Gasteiger partial charge in [0.2, 0.25) is 0 Å². The van der Waals surface area contributed by atoms with E-state index >= 15 is 0 Å². The minimum absolute atomic E-state index is 0.0269. The summed E-state index contributed by atoms with van der Waals surface area (Å²) >= 11 is 0. The number of nitrogens with zero attached hydrogens (tertiary/aromatic N) is 2. The molecule has 2 amide bonds. The maximum atomic E-state index is 12.2. The van der Waals surface area contributed by atoms with Gasteiger partial charge in [-0.25, -0.2) is 10.7 Å². The van der Waals surface area contributed by atoms with E-state index < -0.39 is 11.8 Å². The number of imide groups is 1. The van der Waals surface area contributed by atoms with Crippen LogP contribution in [0.2, 0.25) is 0 Å². The van der Waals surface area contributed by atoms with Crippen molar-refractivity contribution in [3.05, 3.63) is 47.4 Å². The molecule has 0 bridgehead atoms. The Balaban J connectivity index is 2.30. The van der Waals surface area contributed by atoms with Gasteiger partial charge >= 0.3 is 0 Å². The number of hydrazine groups is 1. The van der Waals surface area contributed by atoms with Crippen LogP contribution in [0, 0.1) is 0 Å². The van der Waals surface area contributed by atoms with Crippen molar-refractivity contribution in [1.82, 2.24) is 9.91 Å².